The van der Waals surface area contributed by atoms with Crippen molar-refractivity contribution in [2.24, 2.45) is 5.73 Å². The van der Waals surface area contributed by atoms with Crippen LogP contribution in [0.1, 0.15) is 25.3 Å². The standard InChI is InChI=1S/C13H21NO2/c1-11-6-3-4-7-12(11)16-9-5-8-13(2,15)10-14/h3-4,6-7,15H,5,8-10,14H2,1-2H3. The van der Waals surface area contributed by atoms with Crippen molar-refractivity contribution in [3.05, 3.63) is 29.8 Å². The minimum absolute atomic E-state index is 0.289. The van der Waals surface area contributed by atoms with Gasteiger partial charge in [-0.15, -0.1) is 0 Å². The lowest BCUT2D eigenvalue weighted by atomic mass is 10.0. The van der Waals surface area contributed by atoms with E-state index < -0.39 is 5.60 Å². The van der Waals surface area contributed by atoms with Gasteiger partial charge in [0.15, 0.2) is 0 Å². The smallest absolute Gasteiger partial charge is 0.122 e. The summed E-state index contributed by atoms with van der Waals surface area (Å²) in [6, 6.07) is 7.92. The average molecular weight is 223 g/mol. The first kappa shape index (κ1) is 13.0. The van der Waals surface area contributed by atoms with Crippen LogP contribution in [-0.2, 0) is 0 Å². The van der Waals surface area contributed by atoms with Crippen LogP contribution in [0.4, 0.5) is 0 Å². The molecule has 3 heteroatoms. The molecule has 1 atom stereocenters. The molecule has 16 heavy (non-hydrogen) atoms. The molecule has 1 unspecified atom stereocenters. The first-order valence-corrected chi connectivity index (χ1v) is 5.66. The van der Waals surface area contributed by atoms with Gasteiger partial charge in [-0.3, -0.25) is 0 Å². The van der Waals surface area contributed by atoms with E-state index >= 15 is 0 Å². The molecule has 0 aromatic heterocycles. The Morgan fingerprint density at radius 2 is 2.06 bits per heavy atom. The normalized spacial score (nSPS) is 14.5. The molecule has 0 amide bonds. The highest BCUT2D eigenvalue weighted by molar-refractivity contribution is 5.31. The first-order valence-electron chi connectivity index (χ1n) is 5.66. The van der Waals surface area contributed by atoms with Crippen LogP contribution in [0.3, 0.4) is 0 Å². The second-order valence-corrected chi connectivity index (χ2v) is 4.42. The van der Waals surface area contributed by atoms with Gasteiger partial charge in [0.1, 0.15) is 5.75 Å². The summed E-state index contributed by atoms with van der Waals surface area (Å²) in [5.74, 6) is 0.912. The molecule has 3 nitrogen and oxygen atoms in total. The Morgan fingerprint density at radius 3 is 2.69 bits per heavy atom. The van der Waals surface area contributed by atoms with Crippen molar-refractivity contribution in [3.63, 3.8) is 0 Å². The number of hydrogen-bond donors (Lipinski definition) is 2. The Balaban J connectivity index is 2.29. The number of ether oxygens (including phenoxy) is 1. The molecule has 1 aromatic carbocycles. The largest absolute Gasteiger partial charge is 0.493 e. The molecule has 0 aliphatic heterocycles. The maximum atomic E-state index is 9.69. The monoisotopic (exact) mass is 223 g/mol. The number of nitrogens with two attached hydrogens (primary N) is 1. The Morgan fingerprint density at radius 1 is 1.38 bits per heavy atom. The molecule has 0 heterocycles. The molecular weight excluding hydrogens is 202 g/mol. The van der Waals surface area contributed by atoms with E-state index in [1.165, 1.54) is 0 Å². The van der Waals surface area contributed by atoms with Crippen LogP contribution in [0.15, 0.2) is 24.3 Å². The van der Waals surface area contributed by atoms with Gasteiger partial charge in [-0.05, 0) is 38.3 Å². The van der Waals surface area contributed by atoms with Crippen molar-refractivity contribution in [3.8, 4) is 5.75 Å². The van der Waals surface area contributed by atoms with Crippen LogP contribution in [0.25, 0.3) is 0 Å². The summed E-state index contributed by atoms with van der Waals surface area (Å²) in [4.78, 5) is 0. The number of hydrogen-bond acceptors (Lipinski definition) is 3. The van der Waals surface area contributed by atoms with Gasteiger partial charge in [-0.1, -0.05) is 18.2 Å². The first-order chi connectivity index (χ1) is 7.55. The molecule has 0 saturated heterocycles. The summed E-state index contributed by atoms with van der Waals surface area (Å²) in [6.07, 6.45) is 1.47. The molecule has 1 rings (SSSR count). The molecule has 90 valence electrons. The Bertz CT molecular complexity index is 323. The van der Waals surface area contributed by atoms with Gasteiger partial charge in [0.05, 0.1) is 12.2 Å². The molecule has 0 bridgehead atoms. The van der Waals surface area contributed by atoms with Crippen molar-refractivity contribution < 1.29 is 9.84 Å². The van der Waals surface area contributed by atoms with Crippen LogP contribution in [0.5, 0.6) is 5.75 Å². The minimum Gasteiger partial charge on any atom is -0.493 e. The fraction of sp³-hybridized carbons (Fsp3) is 0.538. The van der Waals surface area contributed by atoms with Gasteiger partial charge in [0.2, 0.25) is 0 Å². The van der Waals surface area contributed by atoms with E-state index in [0.717, 1.165) is 17.7 Å². The van der Waals surface area contributed by atoms with E-state index in [2.05, 4.69) is 0 Å². The maximum absolute atomic E-state index is 9.69. The van der Waals surface area contributed by atoms with E-state index in [1.807, 2.05) is 31.2 Å². The maximum Gasteiger partial charge on any atom is 0.122 e. The van der Waals surface area contributed by atoms with Gasteiger partial charge >= 0.3 is 0 Å². The Kier molecular flexibility index (Phi) is 4.77. The number of rotatable bonds is 6. The fourth-order valence-electron chi connectivity index (χ4n) is 1.46. The summed E-state index contributed by atoms with van der Waals surface area (Å²) in [5.41, 5.74) is 5.80. The average Bonchev–Trinajstić information content (AvgIpc) is 2.27. The number of aliphatic hydroxyl groups is 1. The quantitative estimate of drug-likeness (QED) is 0.724. The third-order valence-corrected chi connectivity index (χ3v) is 2.65. The second-order valence-electron chi connectivity index (χ2n) is 4.42. The second kappa shape index (κ2) is 5.87. The lowest BCUT2D eigenvalue weighted by Crippen LogP contribution is -2.34. The Labute approximate surface area is 97.2 Å². The predicted octanol–water partition coefficient (Wildman–Crippen LogP) is 1.86. The van der Waals surface area contributed by atoms with Gasteiger partial charge < -0.3 is 15.6 Å². The van der Waals surface area contributed by atoms with Crippen LogP contribution in [-0.4, -0.2) is 23.9 Å². The van der Waals surface area contributed by atoms with Gasteiger partial charge in [-0.25, -0.2) is 0 Å². The highest BCUT2D eigenvalue weighted by Gasteiger charge is 2.16. The molecule has 0 radical (unpaired) electrons. The third-order valence-electron chi connectivity index (χ3n) is 2.65. The summed E-state index contributed by atoms with van der Waals surface area (Å²) in [5, 5.41) is 9.69. The predicted molar refractivity (Wildman–Crippen MR) is 65.6 cm³/mol. The summed E-state index contributed by atoms with van der Waals surface area (Å²) < 4.78 is 5.62. The Hall–Kier alpha value is -1.06. The highest BCUT2D eigenvalue weighted by atomic mass is 16.5. The highest BCUT2D eigenvalue weighted by Crippen LogP contribution is 2.17. The van der Waals surface area contributed by atoms with E-state index in [0.29, 0.717) is 13.0 Å². The summed E-state index contributed by atoms with van der Waals surface area (Å²) in [7, 11) is 0. The van der Waals surface area contributed by atoms with Crippen LogP contribution in [0, 0.1) is 6.92 Å². The summed E-state index contributed by atoms with van der Waals surface area (Å²) >= 11 is 0. The van der Waals surface area contributed by atoms with Crippen molar-refractivity contribution in [2.75, 3.05) is 13.2 Å². The zero-order valence-electron chi connectivity index (χ0n) is 10.1. The molecule has 0 spiro atoms. The molecule has 0 aliphatic rings. The van der Waals surface area contributed by atoms with Gasteiger partial charge in [0.25, 0.3) is 0 Å². The van der Waals surface area contributed by atoms with Crippen LogP contribution >= 0.6 is 0 Å². The SMILES string of the molecule is Cc1ccccc1OCCCC(C)(O)CN. The summed E-state index contributed by atoms with van der Waals surface area (Å²) in [6.45, 7) is 4.67. The van der Waals surface area contributed by atoms with E-state index in [1.54, 1.807) is 6.92 Å². The van der Waals surface area contributed by atoms with Crippen molar-refractivity contribution >= 4 is 0 Å². The van der Waals surface area contributed by atoms with Crippen molar-refractivity contribution in [1.29, 1.82) is 0 Å². The molecule has 0 saturated carbocycles. The zero-order valence-corrected chi connectivity index (χ0v) is 10.1. The van der Waals surface area contributed by atoms with Crippen LogP contribution in [0.2, 0.25) is 0 Å². The zero-order chi connectivity index (χ0) is 12.0. The third kappa shape index (κ3) is 4.21. The van der Waals surface area contributed by atoms with Crippen molar-refractivity contribution in [2.45, 2.75) is 32.3 Å². The number of aryl methyl sites for hydroxylation is 1. The van der Waals surface area contributed by atoms with E-state index in [-0.39, 0.29) is 6.54 Å². The van der Waals surface area contributed by atoms with E-state index in [4.69, 9.17) is 10.5 Å². The lowest BCUT2D eigenvalue weighted by Gasteiger charge is -2.20. The lowest BCUT2D eigenvalue weighted by molar-refractivity contribution is 0.0536. The molecule has 0 aliphatic carbocycles. The van der Waals surface area contributed by atoms with Gasteiger partial charge in [-0.2, -0.15) is 0 Å². The minimum atomic E-state index is -0.769. The molecule has 1 aromatic rings. The van der Waals surface area contributed by atoms with Crippen molar-refractivity contribution in [1.82, 2.24) is 0 Å². The molecular formula is C13H21NO2. The van der Waals surface area contributed by atoms with E-state index in [9.17, 15) is 5.11 Å². The molecule has 0 fully saturated rings. The number of benzene rings is 1. The topological polar surface area (TPSA) is 55.5 Å². The number of para-hydroxylation sites is 1. The van der Waals surface area contributed by atoms with Gasteiger partial charge in [0, 0.05) is 6.54 Å². The van der Waals surface area contributed by atoms with Crippen LogP contribution < -0.4 is 10.5 Å². The fourth-order valence-corrected chi connectivity index (χ4v) is 1.46. The molecule has 3 N–H and O–H groups in total.